The van der Waals surface area contributed by atoms with Crippen molar-refractivity contribution in [3.8, 4) is 28.4 Å². The van der Waals surface area contributed by atoms with E-state index in [0.29, 0.717) is 22.8 Å². The van der Waals surface area contributed by atoms with Gasteiger partial charge in [-0.3, -0.25) is 5.41 Å². The lowest BCUT2D eigenvalue weighted by Gasteiger charge is -2.15. The van der Waals surface area contributed by atoms with E-state index in [9.17, 15) is 0 Å². The number of nitrogens with two attached hydrogens (primary N) is 1. The van der Waals surface area contributed by atoms with Crippen molar-refractivity contribution >= 4 is 5.84 Å². The summed E-state index contributed by atoms with van der Waals surface area (Å²) in [6.07, 6.45) is 0. The number of hydrogen-bond acceptors (Lipinski definition) is 4. The van der Waals surface area contributed by atoms with Gasteiger partial charge in [-0.25, -0.2) is 0 Å². The van der Waals surface area contributed by atoms with Crippen LogP contribution >= 0.6 is 0 Å². The summed E-state index contributed by atoms with van der Waals surface area (Å²) < 4.78 is 16.0. The van der Waals surface area contributed by atoms with Gasteiger partial charge in [0.05, 0.1) is 21.3 Å². The first-order chi connectivity index (χ1) is 10.1. The molecule has 0 aromatic heterocycles. The molecule has 21 heavy (non-hydrogen) atoms. The van der Waals surface area contributed by atoms with Crippen LogP contribution in [-0.4, -0.2) is 27.2 Å². The van der Waals surface area contributed by atoms with Crippen LogP contribution in [0.2, 0.25) is 0 Å². The van der Waals surface area contributed by atoms with Crippen LogP contribution in [-0.2, 0) is 0 Å². The second-order valence-corrected chi connectivity index (χ2v) is 4.37. The highest BCUT2D eigenvalue weighted by Crippen LogP contribution is 2.41. The minimum Gasteiger partial charge on any atom is -0.493 e. The van der Waals surface area contributed by atoms with Crippen molar-refractivity contribution in [1.29, 1.82) is 5.41 Å². The normalized spacial score (nSPS) is 10.0. The summed E-state index contributed by atoms with van der Waals surface area (Å²) in [7, 11) is 4.69. The summed E-state index contributed by atoms with van der Waals surface area (Å²) in [4.78, 5) is 0. The van der Waals surface area contributed by atoms with Gasteiger partial charge < -0.3 is 19.9 Å². The van der Waals surface area contributed by atoms with Gasteiger partial charge in [0.2, 0.25) is 5.75 Å². The predicted octanol–water partition coefficient (Wildman–Crippen LogP) is 2.66. The summed E-state index contributed by atoms with van der Waals surface area (Å²) in [5.41, 5.74) is 7.98. The molecule has 0 spiro atoms. The van der Waals surface area contributed by atoms with Gasteiger partial charge in [-0.15, -0.1) is 0 Å². The Balaban J connectivity index is 2.68. The van der Waals surface area contributed by atoms with Crippen molar-refractivity contribution in [2.75, 3.05) is 21.3 Å². The molecule has 0 aliphatic rings. The van der Waals surface area contributed by atoms with Crippen molar-refractivity contribution in [3.63, 3.8) is 0 Å². The molecule has 0 amide bonds. The number of rotatable bonds is 5. The summed E-state index contributed by atoms with van der Waals surface area (Å²) in [5.74, 6) is 1.67. The van der Waals surface area contributed by atoms with E-state index < -0.39 is 0 Å². The molecule has 0 unspecified atom stereocenters. The molecule has 2 rings (SSSR count). The molecule has 0 saturated heterocycles. The van der Waals surface area contributed by atoms with Gasteiger partial charge in [-0.2, -0.15) is 0 Å². The van der Waals surface area contributed by atoms with E-state index in [0.717, 1.165) is 11.1 Å². The highest BCUT2D eigenvalue weighted by molar-refractivity contribution is 6.01. The minimum atomic E-state index is 0.0133. The summed E-state index contributed by atoms with van der Waals surface area (Å²) in [6.45, 7) is 0. The topological polar surface area (TPSA) is 77.6 Å². The zero-order chi connectivity index (χ0) is 15.4. The zero-order valence-electron chi connectivity index (χ0n) is 12.3. The first-order valence-electron chi connectivity index (χ1n) is 6.36. The van der Waals surface area contributed by atoms with E-state index in [2.05, 4.69) is 0 Å². The van der Waals surface area contributed by atoms with E-state index in [1.165, 1.54) is 0 Å². The van der Waals surface area contributed by atoms with Crippen molar-refractivity contribution in [2.45, 2.75) is 0 Å². The van der Waals surface area contributed by atoms with Crippen LogP contribution in [0.25, 0.3) is 11.1 Å². The van der Waals surface area contributed by atoms with Crippen LogP contribution < -0.4 is 19.9 Å². The van der Waals surface area contributed by atoms with Crippen LogP contribution in [0.5, 0.6) is 17.2 Å². The molecule has 5 heteroatoms. The van der Waals surface area contributed by atoms with Crippen molar-refractivity contribution in [3.05, 3.63) is 42.0 Å². The van der Waals surface area contributed by atoms with Crippen LogP contribution in [0, 0.1) is 5.41 Å². The zero-order valence-corrected chi connectivity index (χ0v) is 12.3. The molecule has 0 aliphatic carbocycles. The van der Waals surface area contributed by atoms with Gasteiger partial charge in [0.1, 0.15) is 5.84 Å². The lowest BCUT2D eigenvalue weighted by Crippen LogP contribution is -2.12. The highest BCUT2D eigenvalue weighted by atomic mass is 16.5. The van der Waals surface area contributed by atoms with Crippen LogP contribution in [0.3, 0.4) is 0 Å². The third-order valence-electron chi connectivity index (χ3n) is 3.19. The fourth-order valence-electron chi connectivity index (χ4n) is 2.21. The molecular formula is C16H18N2O3. The van der Waals surface area contributed by atoms with Gasteiger partial charge in [-0.05, 0) is 23.3 Å². The van der Waals surface area contributed by atoms with Crippen LogP contribution in [0.1, 0.15) is 5.56 Å². The molecular weight excluding hydrogens is 268 g/mol. The Morgan fingerprint density at radius 2 is 1.52 bits per heavy atom. The first-order valence-corrected chi connectivity index (χ1v) is 6.36. The molecule has 0 atom stereocenters. The second kappa shape index (κ2) is 6.17. The third-order valence-corrected chi connectivity index (χ3v) is 3.19. The average Bonchev–Trinajstić information content (AvgIpc) is 2.53. The molecule has 3 N–H and O–H groups in total. The van der Waals surface area contributed by atoms with Gasteiger partial charge in [0.15, 0.2) is 11.5 Å². The standard InChI is InChI=1S/C16H18N2O3/c1-19-13-8-10(9-14(20-2)15(13)21-3)11-6-4-5-7-12(11)16(17)18/h4-9H,1-3H3,(H3,17,18). The monoisotopic (exact) mass is 286 g/mol. The smallest absolute Gasteiger partial charge is 0.203 e. The number of amidine groups is 1. The molecule has 0 bridgehead atoms. The Bertz CT molecular complexity index is 643. The lowest BCUT2D eigenvalue weighted by molar-refractivity contribution is 0.324. The summed E-state index contributed by atoms with van der Waals surface area (Å²) >= 11 is 0. The van der Waals surface area contributed by atoms with Crippen molar-refractivity contribution in [1.82, 2.24) is 0 Å². The minimum absolute atomic E-state index is 0.0133. The van der Waals surface area contributed by atoms with Crippen molar-refractivity contribution < 1.29 is 14.2 Å². The SMILES string of the molecule is COc1cc(-c2ccccc2C(=N)N)cc(OC)c1OC. The predicted molar refractivity (Wildman–Crippen MR) is 82.6 cm³/mol. The van der Waals surface area contributed by atoms with Gasteiger partial charge in [0, 0.05) is 5.56 Å². The van der Waals surface area contributed by atoms with Crippen LogP contribution in [0.4, 0.5) is 0 Å². The maximum Gasteiger partial charge on any atom is 0.203 e. The Kier molecular flexibility index (Phi) is 4.33. The molecule has 0 fully saturated rings. The van der Waals surface area contributed by atoms with E-state index in [-0.39, 0.29) is 5.84 Å². The average molecular weight is 286 g/mol. The Morgan fingerprint density at radius 3 is 2.00 bits per heavy atom. The third kappa shape index (κ3) is 2.76. The van der Waals surface area contributed by atoms with Crippen molar-refractivity contribution in [2.24, 2.45) is 5.73 Å². The number of hydrogen-bond donors (Lipinski definition) is 2. The number of ether oxygens (including phenoxy) is 3. The maximum atomic E-state index is 7.69. The Morgan fingerprint density at radius 1 is 0.952 bits per heavy atom. The largest absolute Gasteiger partial charge is 0.493 e. The van der Waals surface area contributed by atoms with E-state index in [1.807, 2.05) is 30.3 Å². The molecule has 0 heterocycles. The molecule has 5 nitrogen and oxygen atoms in total. The fraction of sp³-hybridized carbons (Fsp3) is 0.188. The van der Waals surface area contributed by atoms with Crippen LogP contribution in [0.15, 0.2) is 36.4 Å². The maximum absolute atomic E-state index is 7.69. The quantitative estimate of drug-likeness (QED) is 0.654. The number of nitrogen functional groups attached to an aromatic ring is 1. The highest BCUT2D eigenvalue weighted by Gasteiger charge is 2.16. The lowest BCUT2D eigenvalue weighted by atomic mass is 9.98. The second-order valence-electron chi connectivity index (χ2n) is 4.37. The van der Waals surface area contributed by atoms with Gasteiger partial charge in [-0.1, -0.05) is 24.3 Å². The van der Waals surface area contributed by atoms with Gasteiger partial charge in [0.25, 0.3) is 0 Å². The Hall–Kier alpha value is -2.69. The molecule has 0 radical (unpaired) electrons. The molecule has 0 saturated carbocycles. The van der Waals surface area contributed by atoms with E-state index in [4.69, 9.17) is 25.4 Å². The molecule has 2 aromatic rings. The molecule has 0 aliphatic heterocycles. The number of methoxy groups -OCH3 is 3. The summed E-state index contributed by atoms with van der Waals surface area (Å²) in [5, 5.41) is 7.69. The molecule has 110 valence electrons. The number of nitrogens with one attached hydrogen (secondary N) is 1. The molecule has 2 aromatic carbocycles. The fourth-order valence-corrected chi connectivity index (χ4v) is 2.21. The number of benzene rings is 2. The first kappa shape index (κ1) is 14.7. The Labute approximate surface area is 123 Å². The van der Waals surface area contributed by atoms with Gasteiger partial charge >= 0.3 is 0 Å². The van der Waals surface area contributed by atoms with E-state index in [1.54, 1.807) is 27.4 Å². The van der Waals surface area contributed by atoms with E-state index >= 15 is 0 Å². The summed E-state index contributed by atoms with van der Waals surface area (Å²) in [6, 6.07) is 11.1.